The van der Waals surface area contributed by atoms with E-state index >= 15 is 0 Å². The van der Waals surface area contributed by atoms with Crippen LogP contribution in [0.1, 0.15) is 13.8 Å². The highest BCUT2D eigenvalue weighted by molar-refractivity contribution is 6.16. The fourth-order valence-electron chi connectivity index (χ4n) is 1.56. The molecule has 0 saturated heterocycles. The SMILES string of the molecule is CC#CC1=NC(Nc2ccccc2)=NC(C)C=C1. The largest absolute Gasteiger partial charge is 0.324 e. The monoisotopic (exact) mass is 237 g/mol. The fourth-order valence-corrected chi connectivity index (χ4v) is 1.56. The van der Waals surface area contributed by atoms with Crippen molar-refractivity contribution in [1.82, 2.24) is 0 Å². The minimum absolute atomic E-state index is 0.0936. The highest BCUT2D eigenvalue weighted by atomic mass is 15.1. The zero-order valence-corrected chi connectivity index (χ0v) is 10.5. The van der Waals surface area contributed by atoms with Crippen molar-refractivity contribution >= 4 is 17.4 Å². The molecule has 0 spiro atoms. The summed E-state index contributed by atoms with van der Waals surface area (Å²) in [5, 5.41) is 3.19. The average molecular weight is 237 g/mol. The number of hydrogen-bond acceptors (Lipinski definition) is 3. The van der Waals surface area contributed by atoms with Crippen molar-refractivity contribution in [3.05, 3.63) is 42.5 Å². The van der Waals surface area contributed by atoms with Crippen molar-refractivity contribution in [3.63, 3.8) is 0 Å². The summed E-state index contributed by atoms with van der Waals surface area (Å²) < 4.78 is 0. The fraction of sp³-hybridized carbons (Fsp3) is 0.200. The minimum Gasteiger partial charge on any atom is -0.324 e. The number of aliphatic imine (C=N–C) groups is 2. The summed E-state index contributed by atoms with van der Waals surface area (Å²) in [6.07, 6.45) is 3.90. The second-order valence-electron chi connectivity index (χ2n) is 3.92. The molecular weight excluding hydrogens is 222 g/mol. The summed E-state index contributed by atoms with van der Waals surface area (Å²) in [6, 6.07) is 9.96. The van der Waals surface area contributed by atoms with Crippen LogP contribution in [0.2, 0.25) is 0 Å². The molecule has 0 aliphatic carbocycles. The van der Waals surface area contributed by atoms with E-state index in [1.165, 1.54) is 0 Å². The number of allylic oxidation sites excluding steroid dienone is 1. The van der Waals surface area contributed by atoms with Crippen molar-refractivity contribution < 1.29 is 0 Å². The quantitative estimate of drug-likeness (QED) is 0.749. The number of nitrogens with one attached hydrogen (secondary N) is 1. The van der Waals surface area contributed by atoms with Gasteiger partial charge in [0.1, 0.15) is 5.71 Å². The third-order valence-corrected chi connectivity index (χ3v) is 2.37. The molecule has 1 aromatic rings. The van der Waals surface area contributed by atoms with Gasteiger partial charge in [0.2, 0.25) is 5.96 Å². The smallest absolute Gasteiger partial charge is 0.224 e. The lowest BCUT2D eigenvalue weighted by Crippen LogP contribution is -2.12. The number of hydrogen-bond donors (Lipinski definition) is 1. The first-order chi connectivity index (χ1) is 8.78. The number of anilines is 1. The molecular formula is C15H15N3. The van der Waals surface area contributed by atoms with Gasteiger partial charge in [0, 0.05) is 5.69 Å². The van der Waals surface area contributed by atoms with Crippen LogP contribution >= 0.6 is 0 Å². The molecule has 1 aliphatic rings. The van der Waals surface area contributed by atoms with Gasteiger partial charge < -0.3 is 5.32 Å². The van der Waals surface area contributed by atoms with Crippen LogP contribution in [0.15, 0.2) is 52.5 Å². The van der Waals surface area contributed by atoms with Crippen LogP contribution in [0, 0.1) is 11.8 Å². The molecule has 1 aromatic carbocycles. The second-order valence-corrected chi connectivity index (χ2v) is 3.92. The van der Waals surface area contributed by atoms with E-state index in [9.17, 15) is 0 Å². The third-order valence-electron chi connectivity index (χ3n) is 2.37. The van der Waals surface area contributed by atoms with E-state index < -0.39 is 0 Å². The van der Waals surface area contributed by atoms with Crippen molar-refractivity contribution in [2.24, 2.45) is 9.98 Å². The van der Waals surface area contributed by atoms with Gasteiger partial charge in [-0.25, -0.2) is 9.98 Å². The molecule has 0 amide bonds. The molecule has 3 heteroatoms. The molecule has 0 saturated carbocycles. The summed E-state index contributed by atoms with van der Waals surface area (Å²) >= 11 is 0. The Hall–Kier alpha value is -2.34. The lowest BCUT2D eigenvalue weighted by molar-refractivity contribution is 0.926. The molecule has 1 N–H and O–H groups in total. The van der Waals surface area contributed by atoms with Crippen LogP contribution in [0.5, 0.6) is 0 Å². The van der Waals surface area contributed by atoms with Gasteiger partial charge in [-0.3, -0.25) is 0 Å². The predicted molar refractivity (Wildman–Crippen MR) is 77.0 cm³/mol. The summed E-state index contributed by atoms with van der Waals surface area (Å²) in [6.45, 7) is 3.81. The number of guanidine groups is 1. The van der Waals surface area contributed by atoms with Gasteiger partial charge in [0.25, 0.3) is 0 Å². The van der Waals surface area contributed by atoms with Gasteiger partial charge in [-0.05, 0) is 38.0 Å². The van der Waals surface area contributed by atoms with Crippen molar-refractivity contribution in [1.29, 1.82) is 0 Å². The van der Waals surface area contributed by atoms with Crippen LogP contribution in [-0.4, -0.2) is 17.7 Å². The molecule has 1 unspecified atom stereocenters. The minimum atomic E-state index is 0.0936. The zero-order chi connectivity index (χ0) is 12.8. The zero-order valence-electron chi connectivity index (χ0n) is 10.5. The standard InChI is InChI=1S/C15H15N3/c1-3-7-13-11-10-12(2)16-15(17-13)18-14-8-5-4-6-9-14/h4-6,8-12H,1-2H3,(H,16,18). The maximum absolute atomic E-state index is 4.47. The van der Waals surface area contributed by atoms with Crippen LogP contribution < -0.4 is 5.32 Å². The lowest BCUT2D eigenvalue weighted by Gasteiger charge is -2.06. The van der Waals surface area contributed by atoms with E-state index in [0.29, 0.717) is 5.96 Å². The number of para-hydroxylation sites is 1. The molecule has 18 heavy (non-hydrogen) atoms. The maximum Gasteiger partial charge on any atom is 0.224 e. The van der Waals surface area contributed by atoms with Crippen LogP contribution in [-0.2, 0) is 0 Å². The molecule has 2 rings (SSSR count). The van der Waals surface area contributed by atoms with Gasteiger partial charge in [-0.1, -0.05) is 30.2 Å². The topological polar surface area (TPSA) is 36.8 Å². The number of nitrogens with zero attached hydrogens (tertiary/aromatic N) is 2. The summed E-state index contributed by atoms with van der Waals surface area (Å²) in [5.74, 6) is 6.40. The van der Waals surface area contributed by atoms with Crippen LogP contribution in [0.4, 0.5) is 5.69 Å². The van der Waals surface area contributed by atoms with Gasteiger partial charge in [-0.15, -0.1) is 0 Å². The van der Waals surface area contributed by atoms with Crippen LogP contribution in [0.3, 0.4) is 0 Å². The Labute approximate surface area is 107 Å². The van der Waals surface area contributed by atoms with E-state index in [1.807, 2.05) is 49.4 Å². The lowest BCUT2D eigenvalue weighted by atomic mass is 10.2. The first-order valence-corrected chi connectivity index (χ1v) is 5.87. The molecule has 3 nitrogen and oxygen atoms in total. The highest BCUT2D eigenvalue weighted by Gasteiger charge is 2.05. The van der Waals surface area contributed by atoms with E-state index in [2.05, 4.69) is 27.1 Å². The second kappa shape index (κ2) is 5.83. The molecule has 90 valence electrons. The van der Waals surface area contributed by atoms with Crippen molar-refractivity contribution in [2.45, 2.75) is 19.9 Å². The number of benzene rings is 1. The Morgan fingerprint density at radius 3 is 2.72 bits per heavy atom. The molecule has 1 atom stereocenters. The summed E-state index contributed by atoms with van der Waals surface area (Å²) in [4.78, 5) is 8.87. The van der Waals surface area contributed by atoms with Crippen molar-refractivity contribution in [3.8, 4) is 11.8 Å². The predicted octanol–water partition coefficient (Wildman–Crippen LogP) is 2.88. The summed E-state index contributed by atoms with van der Waals surface area (Å²) in [7, 11) is 0. The average Bonchev–Trinajstić information content (AvgIpc) is 2.53. The molecule has 1 heterocycles. The molecule has 0 radical (unpaired) electrons. The Bertz CT molecular complexity index is 556. The third kappa shape index (κ3) is 3.33. The molecule has 1 aliphatic heterocycles. The highest BCUT2D eigenvalue weighted by Crippen LogP contribution is 2.08. The Balaban J connectivity index is 2.24. The van der Waals surface area contributed by atoms with E-state index in [1.54, 1.807) is 6.92 Å². The molecule has 0 aromatic heterocycles. The Morgan fingerprint density at radius 2 is 2.00 bits per heavy atom. The van der Waals surface area contributed by atoms with E-state index in [4.69, 9.17) is 0 Å². The van der Waals surface area contributed by atoms with Gasteiger partial charge >= 0.3 is 0 Å². The van der Waals surface area contributed by atoms with Gasteiger partial charge in [-0.2, -0.15) is 0 Å². The first kappa shape index (κ1) is 12.1. The normalized spacial score (nSPS) is 18.0. The van der Waals surface area contributed by atoms with E-state index in [-0.39, 0.29) is 6.04 Å². The van der Waals surface area contributed by atoms with Gasteiger partial charge in [0.05, 0.1) is 6.04 Å². The molecule has 0 bridgehead atoms. The molecule has 0 fully saturated rings. The Morgan fingerprint density at radius 1 is 1.22 bits per heavy atom. The van der Waals surface area contributed by atoms with Crippen molar-refractivity contribution in [2.75, 3.05) is 5.32 Å². The number of rotatable bonds is 1. The summed E-state index contributed by atoms with van der Waals surface area (Å²) in [5.41, 5.74) is 1.70. The maximum atomic E-state index is 4.47. The Kier molecular flexibility index (Phi) is 3.93. The van der Waals surface area contributed by atoms with E-state index in [0.717, 1.165) is 11.4 Å². The van der Waals surface area contributed by atoms with Crippen LogP contribution in [0.25, 0.3) is 0 Å². The first-order valence-electron chi connectivity index (χ1n) is 5.87. The van der Waals surface area contributed by atoms with Gasteiger partial charge in [0.15, 0.2) is 0 Å².